The number of fused-ring (bicyclic) bond motifs is 4. The van der Waals surface area contributed by atoms with Crippen LogP contribution in [0.25, 0.3) is 10.2 Å². The minimum absolute atomic E-state index is 0.0285. The van der Waals surface area contributed by atoms with Crippen molar-refractivity contribution in [2.45, 2.75) is 36.2 Å². The largest absolute Gasteiger partial charge is 0.491 e. The number of carbonyl (C=O) groups excluding carboxylic acids is 4. The molecule has 72 heavy (non-hydrogen) atoms. The van der Waals surface area contributed by atoms with Crippen molar-refractivity contribution in [2.75, 3.05) is 57.3 Å². The van der Waals surface area contributed by atoms with Gasteiger partial charge in [-0.3, -0.25) is 24.2 Å². The van der Waals surface area contributed by atoms with Crippen LogP contribution in [0.2, 0.25) is 0 Å². The fraction of sp³-hybridized carbons (Fsp3) is 0.246. The zero-order valence-corrected chi connectivity index (χ0v) is 40.4. The first-order valence-corrected chi connectivity index (χ1v) is 24.5. The molecule has 2 saturated heterocycles. The summed E-state index contributed by atoms with van der Waals surface area (Å²) in [4.78, 5) is 72.4. The number of amides is 3. The summed E-state index contributed by atoms with van der Waals surface area (Å²) < 4.78 is 24.4. The Kier molecular flexibility index (Phi) is 13.9. The van der Waals surface area contributed by atoms with Gasteiger partial charge in [-0.2, -0.15) is 0 Å². The van der Waals surface area contributed by atoms with Crippen molar-refractivity contribution in [2.24, 2.45) is 5.92 Å². The van der Waals surface area contributed by atoms with Crippen LogP contribution < -0.4 is 15.0 Å². The lowest BCUT2D eigenvalue weighted by molar-refractivity contribution is -0.177. The highest BCUT2D eigenvalue weighted by atomic mass is 32.1. The summed E-state index contributed by atoms with van der Waals surface area (Å²) in [6.07, 6.45) is -1.93. The monoisotopic (exact) mass is 981 g/mol. The molecule has 7 aromatic rings. The van der Waals surface area contributed by atoms with Crippen molar-refractivity contribution in [3.63, 3.8) is 0 Å². The van der Waals surface area contributed by atoms with Gasteiger partial charge in [-0.25, -0.2) is 14.7 Å². The average molecular weight is 982 g/mol. The number of imide groups is 1. The highest BCUT2D eigenvalue weighted by Gasteiger charge is 2.76. The molecule has 0 bridgehead atoms. The summed E-state index contributed by atoms with van der Waals surface area (Å²) in [7, 11) is 3.45. The fourth-order valence-corrected chi connectivity index (χ4v) is 11.4. The fourth-order valence-electron chi connectivity index (χ4n) is 10.5. The molecule has 1 spiro atoms. The van der Waals surface area contributed by atoms with Crippen molar-refractivity contribution in [3.05, 3.63) is 191 Å². The SMILES string of the molecule is COCCOC(=O)N1C(=O)[C@@]2(c3cc(C#CCN(C)Cc4ccccc4)ccc31)[C@H](c1cccc(OCCO)c1)N1[C@H](c3ccccc3)[C@H](c3ccccc3)OC(=O)[C@H]1[C@@H]2C(=O)Nc1nc2ccccc2s1. The van der Waals surface area contributed by atoms with Crippen LogP contribution in [0.3, 0.4) is 0 Å². The maximum atomic E-state index is 16.6. The van der Waals surface area contributed by atoms with Gasteiger partial charge < -0.3 is 29.4 Å². The van der Waals surface area contributed by atoms with E-state index in [2.05, 4.69) is 34.2 Å². The lowest BCUT2D eigenvalue weighted by atomic mass is 9.65. The second-order valence-corrected chi connectivity index (χ2v) is 18.9. The number of aliphatic hydroxyl groups is 1. The Balaban J connectivity index is 1.23. The number of rotatable bonds is 14. The highest BCUT2D eigenvalue weighted by Crippen LogP contribution is 2.66. The number of cyclic esters (lactones) is 1. The van der Waals surface area contributed by atoms with Crippen LogP contribution in [-0.2, 0) is 40.6 Å². The van der Waals surface area contributed by atoms with E-state index in [0.29, 0.717) is 41.0 Å². The van der Waals surface area contributed by atoms with Gasteiger partial charge in [-0.15, -0.1) is 0 Å². The summed E-state index contributed by atoms with van der Waals surface area (Å²) in [6, 6.07) is 45.1. The Labute approximate surface area is 420 Å². The Morgan fingerprint density at radius 2 is 1.53 bits per heavy atom. The lowest BCUT2D eigenvalue weighted by Crippen LogP contribution is -2.54. The molecule has 15 heteroatoms. The van der Waals surface area contributed by atoms with Crippen LogP contribution in [0.4, 0.5) is 15.6 Å². The molecule has 6 atom stereocenters. The molecular formula is C57H51N5O9S. The Hall–Kier alpha value is -7.71. The number of thiazole rings is 1. The molecule has 4 heterocycles. The van der Waals surface area contributed by atoms with Crippen LogP contribution >= 0.6 is 11.3 Å². The van der Waals surface area contributed by atoms with Crippen LogP contribution in [0.5, 0.6) is 5.75 Å². The van der Waals surface area contributed by atoms with Gasteiger partial charge >= 0.3 is 12.1 Å². The van der Waals surface area contributed by atoms with E-state index in [9.17, 15) is 9.90 Å². The summed E-state index contributed by atoms with van der Waals surface area (Å²) in [5.41, 5.74) is 2.54. The zero-order valence-electron chi connectivity index (χ0n) is 39.6. The van der Waals surface area contributed by atoms with Crippen molar-refractivity contribution < 1.29 is 43.2 Å². The minimum atomic E-state index is -2.09. The summed E-state index contributed by atoms with van der Waals surface area (Å²) in [5.74, 6) is 3.14. The number of para-hydroxylation sites is 1. The number of aromatic nitrogens is 1. The molecule has 0 unspecified atom stereocenters. The number of ether oxygens (including phenoxy) is 4. The number of benzene rings is 6. The molecule has 1 aromatic heterocycles. The van der Waals surface area contributed by atoms with Gasteiger partial charge in [-0.05, 0) is 77.3 Å². The van der Waals surface area contributed by atoms with Gasteiger partial charge in [0.15, 0.2) is 5.13 Å². The summed E-state index contributed by atoms with van der Waals surface area (Å²) in [5, 5.41) is 13.2. The van der Waals surface area contributed by atoms with Crippen molar-refractivity contribution >= 4 is 56.2 Å². The maximum Gasteiger partial charge on any atom is 0.421 e. The standard InChI is InChI=1S/C57H51N5O9S/c1-60(36-38-16-6-3-7-17-38)29-15-18-37-27-28-45-43(34-37)57(54(66)61(45)56(67)70-33-32-68-2)47(52(64)59-55-58-44-25-12-13-26-46(44)72-55)49-53(65)71-50(40-21-10-5-11-22-40)48(39-19-8-4-9-20-39)62(49)51(57)41-23-14-24-42(35-41)69-31-30-63/h3-14,16-17,19-28,34-35,47-51,63H,29-33,36H2,1-2H3,(H,58,59,64)/t47-,48-,49-,50+,51+,57-/m1/s1. The van der Waals surface area contributed by atoms with Crippen molar-refractivity contribution in [3.8, 4) is 17.6 Å². The number of aliphatic hydroxyl groups excluding tert-OH is 1. The normalized spacial score (nSPS) is 21.2. The topological polar surface area (TPSA) is 160 Å². The number of hydrogen-bond acceptors (Lipinski definition) is 13. The molecule has 3 amide bonds. The Bertz CT molecular complexity index is 3150. The van der Waals surface area contributed by atoms with E-state index in [0.717, 1.165) is 20.7 Å². The minimum Gasteiger partial charge on any atom is -0.491 e. The van der Waals surface area contributed by atoms with Gasteiger partial charge in [0.05, 0.1) is 53.7 Å². The summed E-state index contributed by atoms with van der Waals surface area (Å²) >= 11 is 1.25. The van der Waals surface area contributed by atoms with E-state index in [-0.39, 0.29) is 42.8 Å². The molecule has 364 valence electrons. The molecule has 0 aliphatic carbocycles. The molecule has 0 saturated carbocycles. The summed E-state index contributed by atoms with van der Waals surface area (Å²) in [6.45, 7) is 0.637. The molecule has 14 nitrogen and oxygen atoms in total. The number of nitrogens with zero attached hydrogens (tertiary/aromatic N) is 4. The second kappa shape index (κ2) is 20.9. The van der Waals surface area contributed by atoms with E-state index in [1.165, 1.54) is 18.4 Å². The first kappa shape index (κ1) is 47.9. The van der Waals surface area contributed by atoms with Crippen molar-refractivity contribution in [1.29, 1.82) is 0 Å². The second-order valence-electron chi connectivity index (χ2n) is 17.8. The molecule has 2 fully saturated rings. The molecule has 0 radical (unpaired) electrons. The van der Waals surface area contributed by atoms with E-state index < -0.39 is 59.4 Å². The lowest BCUT2D eigenvalue weighted by Gasteiger charge is -2.46. The van der Waals surface area contributed by atoms with Gasteiger partial charge in [0.2, 0.25) is 11.8 Å². The maximum absolute atomic E-state index is 16.6. The zero-order chi connectivity index (χ0) is 49.8. The molecule has 6 aromatic carbocycles. The third-order valence-electron chi connectivity index (χ3n) is 13.4. The third kappa shape index (κ3) is 8.99. The Morgan fingerprint density at radius 1 is 0.819 bits per heavy atom. The van der Waals surface area contributed by atoms with Crippen LogP contribution in [0.15, 0.2) is 158 Å². The van der Waals surface area contributed by atoms with Gasteiger partial charge in [-0.1, -0.05) is 138 Å². The first-order chi connectivity index (χ1) is 35.2. The third-order valence-corrected chi connectivity index (χ3v) is 14.3. The number of carbonyl (C=O) groups is 4. The van der Waals surface area contributed by atoms with E-state index in [4.69, 9.17) is 23.9 Å². The quantitative estimate of drug-likeness (QED) is 0.0612. The van der Waals surface area contributed by atoms with Gasteiger partial charge in [0.1, 0.15) is 36.5 Å². The van der Waals surface area contributed by atoms with Gasteiger partial charge in [0, 0.05) is 19.2 Å². The van der Waals surface area contributed by atoms with Gasteiger partial charge in [0.25, 0.3) is 0 Å². The highest BCUT2D eigenvalue weighted by molar-refractivity contribution is 7.22. The van der Waals surface area contributed by atoms with Crippen LogP contribution in [0, 0.1) is 17.8 Å². The number of anilines is 2. The Morgan fingerprint density at radius 3 is 2.26 bits per heavy atom. The molecular weight excluding hydrogens is 931 g/mol. The van der Waals surface area contributed by atoms with E-state index in [1.54, 1.807) is 36.4 Å². The number of methoxy groups -OCH3 is 1. The van der Waals surface area contributed by atoms with Crippen LogP contribution in [-0.4, -0.2) is 96.9 Å². The average Bonchev–Trinajstić information content (AvgIpc) is 4.04. The number of hydrogen-bond donors (Lipinski definition) is 2. The number of esters is 1. The molecule has 3 aliphatic heterocycles. The number of nitrogens with one attached hydrogen (secondary N) is 1. The molecule has 2 N–H and O–H groups in total. The molecule has 10 rings (SSSR count). The first-order valence-electron chi connectivity index (χ1n) is 23.6. The van der Waals surface area contributed by atoms with E-state index in [1.807, 2.05) is 121 Å². The number of morpholine rings is 1. The molecule has 3 aliphatic rings. The van der Waals surface area contributed by atoms with Crippen molar-refractivity contribution in [1.82, 2.24) is 14.8 Å². The van der Waals surface area contributed by atoms with E-state index >= 15 is 14.4 Å². The predicted octanol–water partition coefficient (Wildman–Crippen LogP) is 8.24. The predicted molar refractivity (Wildman–Crippen MR) is 272 cm³/mol. The smallest absolute Gasteiger partial charge is 0.421 e. The van der Waals surface area contributed by atoms with Crippen LogP contribution in [0.1, 0.15) is 51.6 Å².